The van der Waals surface area contributed by atoms with Crippen LogP contribution in [-0.4, -0.2) is 82.4 Å². The maximum absolute atomic E-state index is 12.2. The van der Waals surface area contributed by atoms with Gasteiger partial charge in [-0.3, -0.25) is 24.0 Å². The van der Waals surface area contributed by atoms with E-state index >= 15 is 0 Å². The summed E-state index contributed by atoms with van der Waals surface area (Å²) in [6, 6.07) is -2.06. The predicted octanol–water partition coefficient (Wildman–Crippen LogP) is -4.38. The number of hydrogen-bond acceptors (Lipinski definition) is 9. The summed E-state index contributed by atoms with van der Waals surface area (Å²) >= 11 is 0. The summed E-state index contributed by atoms with van der Waals surface area (Å²) in [6.07, 6.45) is -3.72. The number of carbonyl (C=O) groups excluding carboxylic acids is 5. The van der Waals surface area contributed by atoms with Crippen molar-refractivity contribution in [3.63, 3.8) is 0 Å². The first-order chi connectivity index (χ1) is 11.6. The number of aliphatic hydroxyl groups is 3. The first-order valence-corrected chi connectivity index (χ1v) is 7.41. The number of aliphatic hydroxyl groups excluding tert-OH is 3. The quantitative estimate of drug-likeness (QED) is 0.155. The highest BCUT2D eigenvalue weighted by molar-refractivity contribution is 6.45. The smallest absolute Gasteiger partial charge is 0.240 e. The third-order valence-corrected chi connectivity index (χ3v) is 3.12. The fraction of sp³-hybridized carbons (Fsp3) is 0.643. The maximum atomic E-state index is 12.2. The first-order valence-electron chi connectivity index (χ1n) is 7.41. The topological polar surface area (TPSA) is 196 Å². The summed E-state index contributed by atoms with van der Waals surface area (Å²) in [5, 5.41) is 31.8. The van der Waals surface area contributed by atoms with Gasteiger partial charge in [0.25, 0.3) is 0 Å². The molecule has 0 aliphatic carbocycles. The minimum Gasteiger partial charge on any atom is -0.393 e. The average Bonchev–Trinajstić information content (AvgIpc) is 2.60. The van der Waals surface area contributed by atoms with Crippen LogP contribution in [0.4, 0.5) is 0 Å². The molecule has 0 rings (SSSR count). The molecule has 0 heterocycles. The number of amides is 2. The van der Waals surface area contributed by atoms with E-state index in [9.17, 15) is 34.2 Å². The van der Waals surface area contributed by atoms with Gasteiger partial charge in [0.15, 0.2) is 11.8 Å². The van der Waals surface area contributed by atoms with Gasteiger partial charge in [0.2, 0.25) is 23.4 Å². The van der Waals surface area contributed by atoms with Crippen LogP contribution >= 0.6 is 0 Å². The van der Waals surface area contributed by atoms with E-state index in [0.29, 0.717) is 0 Å². The van der Waals surface area contributed by atoms with Gasteiger partial charge in [0.1, 0.15) is 12.2 Å². The van der Waals surface area contributed by atoms with E-state index in [1.165, 1.54) is 13.8 Å². The second-order valence-corrected chi connectivity index (χ2v) is 5.50. The van der Waals surface area contributed by atoms with Crippen molar-refractivity contribution in [1.82, 2.24) is 10.6 Å². The van der Waals surface area contributed by atoms with Crippen LogP contribution in [0, 0.1) is 5.92 Å². The standard InChI is InChI=1S/C14H23N3O8/c1-6(2)11(22)13(24)10(14(25)12(23)7(19)5-18)17-9(21)4-16-8(20)3-15/h6-7,10-11,18-19,22H,3-5,15H2,1-2H3,(H,16,20)(H,17,21)/t7-,10-,11?/m1/s1. The number of nitrogens with two attached hydrogens (primary N) is 1. The lowest BCUT2D eigenvalue weighted by molar-refractivity contribution is -0.148. The van der Waals surface area contributed by atoms with Gasteiger partial charge in [-0.2, -0.15) is 0 Å². The van der Waals surface area contributed by atoms with Crippen LogP contribution in [0.1, 0.15) is 13.8 Å². The van der Waals surface area contributed by atoms with E-state index in [0.717, 1.165) is 0 Å². The Morgan fingerprint density at radius 1 is 1.00 bits per heavy atom. The summed E-state index contributed by atoms with van der Waals surface area (Å²) in [4.78, 5) is 58.7. The number of ketones is 3. The molecular formula is C14H23N3O8. The number of nitrogens with one attached hydrogen (secondary N) is 2. The molecule has 0 saturated heterocycles. The Kier molecular flexibility index (Phi) is 9.67. The Balaban J connectivity index is 5.30. The average molecular weight is 361 g/mol. The van der Waals surface area contributed by atoms with Crippen molar-refractivity contribution >= 4 is 29.2 Å². The molecule has 11 nitrogen and oxygen atoms in total. The van der Waals surface area contributed by atoms with Crippen molar-refractivity contribution in [2.75, 3.05) is 19.7 Å². The zero-order chi connectivity index (χ0) is 19.7. The van der Waals surface area contributed by atoms with E-state index in [1.54, 1.807) is 0 Å². The van der Waals surface area contributed by atoms with Gasteiger partial charge in [-0.25, -0.2) is 0 Å². The summed E-state index contributed by atoms with van der Waals surface area (Å²) in [6.45, 7) is 0.873. The highest BCUT2D eigenvalue weighted by atomic mass is 16.3. The molecule has 0 bridgehead atoms. The first kappa shape index (κ1) is 22.8. The molecule has 0 fully saturated rings. The van der Waals surface area contributed by atoms with Crippen LogP contribution < -0.4 is 16.4 Å². The highest BCUT2D eigenvalue weighted by Gasteiger charge is 2.39. The Bertz CT molecular complexity index is 534. The van der Waals surface area contributed by atoms with Crippen LogP contribution in [0.3, 0.4) is 0 Å². The van der Waals surface area contributed by atoms with Crippen LogP contribution in [0.15, 0.2) is 0 Å². The van der Waals surface area contributed by atoms with Gasteiger partial charge in [0, 0.05) is 0 Å². The van der Waals surface area contributed by atoms with E-state index in [4.69, 9.17) is 10.8 Å². The minimum atomic E-state index is -2.06. The summed E-state index contributed by atoms with van der Waals surface area (Å²) in [7, 11) is 0. The molecule has 0 aliphatic rings. The van der Waals surface area contributed by atoms with Crippen LogP contribution in [0.2, 0.25) is 0 Å². The predicted molar refractivity (Wildman–Crippen MR) is 83.0 cm³/mol. The van der Waals surface area contributed by atoms with Crippen molar-refractivity contribution in [2.45, 2.75) is 32.1 Å². The fourth-order valence-electron chi connectivity index (χ4n) is 1.62. The van der Waals surface area contributed by atoms with Gasteiger partial charge >= 0.3 is 0 Å². The van der Waals surface area contributed by atoms with Gasteiger partial charge in [0.05, 0.1) is 19.7 Å². The summed E-state index contributed by atoms with van der Waals surface area (Å²) in [5.41, 5.74) is 5.04. The van der Waals surface area contributed by atoms with Gasteiger partial charge in [-0.1, -0.05) is 13.8 Å². The molecule has 0 spiro atoms. The molecule has 0 aromatic carbocycles. The van der Waals surface area contributed by atoms with Gasteiger partial charge in [-0.05, 0) is 5.92 Å². The number of hydrogen-bond donors (Lipinski definition) is 6. The van der Waals surface area contributed by atoms with Crippen LogP contribution in [-0.2, 0) is 24.0 Å². The molecule has 1 unspecified atom stereocenters. The third-order valence-electron chi connectivity index (χ3n) is 3.12. The van der Waals surface area contributed by atoms with E-state index in [-0.39, 0.29) is 6.54 Å². The molecule has 0 aliphatic heterocycles. The number of Topliss-reactive ketones (excluding diaryl/α,β-unsaturated/α-hetero) is 3. The van der Waals surface area contributed by atoms with Gasteiger partial charge < -0.3 is 31.7 Å². The van der Waals surface area contributed by atoms with Crippen molar-refractivity contribution in [1.29, 1.82) is 0 Å². The van der Waals surface area contributed by atoms with E-state index < -0.39 is 66.5 Å². The summed E-state index contributed by atoms with van der Waals surface area (Å²) in [5.74, 6) is -6.42. The lowest BCUT2D eigenvalue weighted by Gasteiger charge is -2.21. The molecule has 0 saturated carbocycles. The molecule has 11 heteroatoms. The molecule has 0 radical (unpaired) electrons. The normalized spacial score (nSPS) is 14.4. The summed E-state index contributed by atoms with van der Waals surface area (Å²) < 4.78 is 0. The van der Waals surface area contributed by atoms with Crippen molar-refractivity contribution in [3.05, 3.63) is 0 Å². The van der Waals surface area contributed by atoms with E-state index in [1.807, 2.05) is 5.32 Å². The molecule has 25 heavy (non-hydrogen) atoms. The van der Waals surface area contributed by atoms with Crippen molar-refractivity contribution < 1.29 is 39.3 Å². The molecule has 0 aromatic heterocycles. The fourth-order valence-corrected chi connectivity index (χ4v) is 1.62. The molecule has 7 N–H and O–H groups in total. The Labute approximate surface area is 143 Å². The Hall–Kier alpha value is -2.21. The molecule has 3 atom stereocenters. The van der Waals surface area contributed by atoms with E-state index in [2.05, 4.69) is 5.32 Å². The van der Waals surface area contributed by atoms with Crippen LogP contribution in [0.5, 0.6) is 0 Å². The number of carbonyl (C=O) groups is 5. The Morgan fingerprint density at radius 3 is 2.00 bits per heavy atom. The SMILES string of the molecule is CC(C)C(O)C(=O)[C@@H](NC(=O)CNC(=O)CN)C(=O)C(=O)[C@H](O)CO. The second-order valence-electron chi connectivity index (χ2n) is 5.50. The zero-order valence-corrected chi connectivity index (χ0v) is 13.9. The molecule has 2 amide bonds. The molecular weight excluding hydrogens is 338 g/mol. The minimum absolute atomic E-state index is 0.387. The zero-order valence-electron chi connectivity index (χ0n) is 13.9. The lowest BCUT2D eigenvalue weighted by Crippen LogP contribution is -2.56. The van der Waals surface area contributed by atoms with Crippen LogP contribution in [0.25, 0.3) is 0 Å². The Morgan fingerprint density at radius 2 is 1.56 bits per heavy atom. The second kappa shape index (κ2) is 10.6. The number of rotatable bonds is 11. The van der Waals surface area contributed by atoms with Gasteiger partial charge in [-0.15, -0.1) is 0 Å². The largest absolute Gasteiger partial charge is 0.393 e. The maximum Gasteiger partial charge on any atom is 0.240 e. The van der Waals surface area contributed by atoms with Crippen molar-refractivity contribution in [2.24, 2.45) is 11.7 Å². The highest BCUT2D eigenvalue weighted by Crippen LogP contribution is 2.07. The molecule has 142 valence electrons. The van der Waals surface area contributed by atoms with Crippen molar-refractivity contribution in [3.8, 4) is 0 Å². The lowest BCUT2D eigenvalue weighted by atomic mass is 9.93. The molecule has 0 aromatic rings. The third kappa shape index (κ3) is 7.05. The monoisotopic (exact) mass is 361 g/mol.